The number of hydrogen-bond acceptors (Lipinski definition) is 5. The molecule has 0 spiro atoms. The van der Waals surface area contributed by atoms with Crippen LogP contribution >= 0.6 is 11.6 Å². The number of nitrogens with one attached hydrogen (secondary N) is 1. The molecule has 1 N–H and O–H groups in total. The van der Waals surface area contributed by atoms with Crippen molar-refractivity contribution in [1.82, 2.24) is 10.2 Å². The van der Waals surface area contributed by atoms with E-state index in [4.69, 9.17) is 16.3 Å². The number of benzene rings is 2. The lowest BCUT2D eigenvalue weighted by Crippen LogP contribution is -2.48. The maximum absolute atomic E-state index is 13.2. The molecule has 0 aliphatic carbocycles. The van der Waals surface area contributed by atoms with E-state index in [-0.39, 0.29) is 31.3 Å². The lowest BCUT2D eigenvalue weighted by atomic mass is 10.1. The summed E-state index contributed by atoms with van der Waals surface area (Å²) in [6.07, 6.45) is 1.95. The van der Waals surface area contributed by atoms with Gasteiger partial charge in [-0.05, 0) is 54.8 Å². The van der Waals surface area contributed by atoms with Crippen molar-refractivity contribution in [3.05, 3.63) is 59.1 Å². The van der Waals surface area contributed by atoms with E-state index in [1.54, 1.807) is 41.3 Å². The molecule has 0 saturated carbocycles. The monoisotopic (exact) mass is 509 g/mol. The zero-order valence-electron chi connectivity index (χ0n) is 20.0. The molecule has 0 unspecified atom stereocenters. The fourth-order valence-electron chi connectivity index (χ4n) is 3.63. The lowest BCUT2D eigenvalue weighted by Gasteiger charge is -2.30. The minimum absolute atomic E-state index is 0.0866. The fourth-order valence-corrected chi connectivity index (χ4v) is 4.72. The molecule has 34 heavy (non-hydrogen) atoms. The van der Waals surface area contributed by atoms with Gasteiger partial charge < -0.3 is 15.0 Å². The van der Waals surface area contributed by atoms with Crippen LogP contribution in [0.25, 0.3) is 0 Å². The third kappa shape index (κ3) is 7.63. The van der Waals surface area contributed by atoms with Gasteiger partial charge in [0.05, 0.1) is 19.1 Å². The Hall–Kier alpha value is -2.78. The van der Waals surface area contributed by atoms with Crippen LogP contribution in [0.5, 0.6) is 5.75 Å². The van der Waals surface area contributed by atoms with E-state index in [0.29, 0.717) is 29.3 Å². The van der Waals surface area contributed by atoms with Crippen LogP contribution in [0.1, 0.15) is 31.7 Å². The van der Waals surface area contributed by atoms with Crippen molar-refractivity contribution < 1.29 is 22.7 Å². The summed E-state index contributed by atoms with van der Waals surface area (Å²) in [4.78, 5) is 27.2. The third-order valence-corrected chi connectivity index (χ3v) is 6.86. The van der Waals surface area contributed by atoms with Gasteiger partial charge in [-0.3, -0.25) is 13.9 Å². The number of carbonyl (C=O) groups excluding carboxylic acids is 2. The minimum Gasteiger partial charge on any atom is -0.497 e. The molecule has 2 rings (SSSR count). The molecule has 0 aliphatic heterocycles. The van der Waals surface area contributed by atoms with E-state index in [2.05, 4.69) is 5.32 Å². The van der Waals surface area contributed by atoms with E-state index >= 15 is 0 Å². The standard InChI is InChI=1S/C24H32ClN3O5S/c1-5-22(24(30)26-2)27(17-18-8-10-19(25)11-9-18)23(29)7-6-16-28(34(4,31)32)20-12-14-21(33-3)15-13-20/h8-15,22H,5-7,16-17H2,1-4H3,(H,26,30)/t22-/m1/s1. The van der Waals surface area contributed by atoms with Crippen LogP contribution in [-0.4, -0.2) is 58.1 Å². The maximum atomic E-state index is 13.2. The van der Waals surface area contributed by atoms with Gasteiger partial charge in [0.1, 0.15) is 11.8 Å². The molecule has 2 aromatic rings. The van der Waals surface area contributed by atoms with Gasteiger partial charge in [-0.25, -0.2) is 8.42 Å². The highest BCUT2D eigenvalue weighted by Crippen LogP contribution is 2.22. The number of sulfonamides is 1. The number of amides is 2. The smallest absolute Gasteiger partial charge is 0.242 e. The minimum atomic E-state index is -3.56. The normalized spacial score (nSPS) is 12.0. The molecule has 8 nitrogen and oxygen atoms in total. The first-order chi connectivity index (χ1) is 16.1. The quantitative estimate of drug-likeness (QED) is 0.472. The Bertz CT molecular complexity index is 1060. The predicted octanol–water partition coefficient (Wildman–Crippen LogP) is 3.45. The highest BCUT2D eigenvalue weighted by Gasteiger charge is 2.28. The molecular weight excluding hydrogens is 478 g/mol. The van der Waals surface area contributed by atoms with E-state index in [0.717, 1.165) is 11.8 Å². The number of methoxy groups -OCH3 is 1. The number of rotatable bonds is 12. The number of likely N-dealkylation sites (N-methyl/N-ethyl adjacent to an activating group) is 1. The van der Waals surface area contributed by atoms with Crippen molar-refractivity contribution in [3.8, 4) is 5.75 Å². The summed E-state index contributed by atoms with van der Waals surface area (Å²) in [5.74, 6) is 0.138. The second-order valence-electron chi connectivity index (χ2n) is 7.82. The van der Waals surface area contributed by atoms with Crippen molar-refractivity contribution in [1.29, 1.82) is 0 Å². The Labute approximate surface area is 206 Å². The van der Waals surface area contributed by atoms with Gasteiger partial charge in [-0.15, -0.1) is 0 Å². The molecule has 0 radical (unpaired) electrons. The van der Waals surface area contributed by atoms with Crippen LogP contribution in [0.3, 0.4) is 0 Å². The van der Waals surface area contributed by atoms with Crippen molar-refractivity contribution in [3.63, 3.8) is 0 Å². The van der Waals surface area contributed by atoms with Gasteiger partial charge in [0.2, 0.25) is 21.8 Å². The number of halogens is 1. The van der Waals surface area contributed by atoms with Crippen LogP contribution in [0.15, 0.2) is 48.5 Å². The zero-order chi connectivity index (χ0) is 25.3. The van der Waals surface area contributed by atoms with Crippen LogP contribution in [0, 0.1) is 0 Å². The Morgan fingerprint density at radius 3 is 2.21 bits per heavy atom. The molecule has 0 saturated heterocycles. The molecule has 10 heteroatoms. The first-order valence-electron chi connectivity index (χ1n) is 11.0. The molecule has 0 aliphatic rings. The SMILES string of the molecule is CC[C@H](C(=O)NC)N(Cc1ccc(Cl)cc1)C(=O)CCCN(c1ccc(OC)cc1)S(C)(=O)=O. The first-order valence-corrected chi connectivity index (χ1v) is 13.2. The van der Waals surface area contributed by atoms with Crippen LogP contribution in [0.4, 0.5) is 5.69 Å². The summed E-state index contributed by atoms with van der Waals surface area (Å²) in [6.45, 7) is 2.22. The topological polar surface area (TPSA) is 96.0 Å². The highest BCUT2D eigenvalue weighted by atomic mass is 35.5. The number of ether oxygens (including phenoxy) is 1. The Morgan fingerprint density at radius 1 is 1.09 bits per heavy atom. The molecule has 2 aromatic carbocycles. The van der Waals surface area contributed by atoms with Crippen LogP contribution < -0.4 is 14.4 Å². The fraction of sp³-hybridized carbons (Fsp3) is 0.417. The van der Waals surface area contributed by atoms with Gasteiger partial charge in [-0.2, -0.15) is 0 Å². The number of anilines is 1. The molecular formula is C24H32ClN3O5S. The van der Waals surface area contributed by atoms with E-state index in [1.165, 1.54) is 18.5 Å². The van der Waals surface area contributed by atoms with Crippen LogP contribution in [-0.2, 0) is 26.2 Å². The molecule has 186 valence electrons. The number of nitrogens with zero attached hydrogens (tertiary/aromatic N) is 2. The Balaban J connectivity index is 2.17. The Kier molecular flexibility index (Phi) is 10.2. The average Bonchev–Trinajstić information content (AvgIpc) is 2.82. The van der Waals surface area contributed by atoms with Crippen molar-refractivity contribution >= 4 is 39.1 Å². The molecule has 2 amide bonds. The molecule has 0 heterocycles. The molecule has 0 bridgehead atoms. The second kappa shape index (κ2) is 12.6. The molecule has 0 fully saturated rings. The zero-order valence-corrected chi connectivity index (χ0v) is 21.5. The average molecular weight is 510 g/mol. The summed E-state index contributed by atoms with van der Waals surface area (Å²) in [6, 6.07) is 13.1. The van der Waals surface area contributed by atoms with Gasteiger partial charge in [0, 0.05) is 31.6 Å². The predicted molar refractivity (Wildman–Crippen MR) is 135 cm³/mol. The van der Waals surface area contributed by atoms with Gasteiger partial charge >= 0.3 is 0 Å². The molecule has 1 atom stereocenters. The largest absolute Gasteiger partial charge is 0.497 e. The van der Waals surface area contributed by atoms with E-state index in [1.807, 2.05) is 19.1 Å². The van der Waals surface area contributed by atoms with Crippen LogP contribution in [0.2, 0.25) is 5.02 Å². The maximum Gasteiger partial charge on any atom is 0.242 e. The molecule has 0 aromatic heterocycles. The van der Waals surface area contributed by atoms with Crippen molar-refractivity contribution in [2.75, 3.05) is 31.3 Å². The second-order valence-corrected chi connectivity index (χ2v) is 10.2. The highest BCUT2D eigenvalue weighted by molar-refractivity contribution is 7.92. The summed E-state index contributed by atoms with van der Waals surface area (Å²) in [5.41, 5.74) is 1.33. The van der Waals surface area contributed by atoms with E-state index in [9.17, 15) is 18.0 Å². The number of hydrogen-bond donors (Lipinski definition) is 1. The van der Waals surface area contributed by atoms with Gasteiger partial charge in [0.25, 0.3) is 0 Å². The van der Waals surface area contributed by atoms with Gasteiger partial charge in [0.15, 0.2) is 0 Å². The van der Waals surface area contributed by atoms with Crippen molar-refractivity contribution in [2.45, 2.75) is 38.8 Å². The third-order valence-electron chi connectivity index (χ3n) is 5.41. The first kappa shape index (κ1) is 27.5. The summed E-state index contributed by atoms with van der Waals surface area (Å²) >= 11 is 5.97. The summed E-state index contributed by atoms with van der Waals surface area (Å²) < 4.78 is 31.2. The Morgan fingerprint density at radius 2 is 1.71 bits per heavy atom. The van der Waals surface area contributed by atoms with Crippen molar-refractivity contribution in [2.24, 2.45) is 0 Å². The summed E-state index contributed by atoms with van der Waals surface area (Å²) in [5, 5.41) is 3.20. The number of carbonyl (C=O) groups is 2. The van der Waals surface area contributed by atoms with E-state index < -0.39 is 16.1 Å². The lowest BCUT2D eigenvalue weighted by molar-refractivity contribution is -0.141. The van der Waals surface area contributed by atoms with Gasteiger partial charge in [-0.1, -0.05) is 30.7 Å². The summed E-state index contributed by atoms with van der Waals surface area (Å²) in [7, 11) is -0.484.